The van der Waals surface area contributed by atoms with E-state index in [0.717, 1.165) is 10.6 Å². The largest absolute Gasteiger partial charge is 0.497 e. The fraction of sp³-hybridized carbons (Fsp3) is 0.333. The summed E-state index contributed by atoms with van der Waals surface area (Å²) in [5.41, 5.74) is 0. The third kappa shape index (κ3) is 4.67. The SMILES string of the molecule is COc1ccc(SC(C)C(=O)NCC(=O)O)cc1. The van der Waals surface area contributed by atoms with E-state index in [0.29, 0.717) is 0 Å². The number of carbonyl (C=O) groups excluding carboxylic acids is 1. The van der Waals surface area contributed by atoms with Gasteiger partial charge in [0.2, 0.25) is 5.91 Å². The number of hydrogen-bond donors (Lipinski definition) is 2. The van der Waals surface area contributed by atoms with Crippen LogP contribution in [-0.4, -0.2) is 35.9 Å². The quantitative estimate of drug-likeness (QED) is 0.763. The Morgan fingerprint density at radius 3 is 2.50 bits per heavy atom. The molecular weight excluding hydrogens is 254 g/mol. The van der Waals surface area contributed by atoms with Gasteiger partial charge in [0.15, 0.2) is 0 Å². The fourth-order valence-corrected chi connectivity index (χ4v) is 2.11. The number of carboxylic acids is 1. The van der Waals surface area contributed by atoms with Crippen LogP contribution in [0, 0.1) is 0 Å². The highest BCUT2D eigenvalue weighted by Gasteiger charge is 2.14. The number of nitrogens with one attached hydrogen (secondary N) is 1. The van der Waals surface area contributed by atoms with E-state index in [-0.39, 0.29) is 17.7 Å². The molecule has 0 aliphatic carbocycles. The molecule has 1 amide bonds. The number of ether oxygens (including phenoxy) is 1. The van der Waals surface area contributed by atoms with Crippen molar-refractivity contribution < 1.29 is 19.4 Å². The van der Waals surface area contributed by atoms with Crippen molar-refractivity contribution in [2.24, 2.45) is 0 Å². The van der Waals surface area contributed by atoms with Crippen molar-refractivity contribution in [1.82, 2.24) is 5.32 Å². The number of rotatable bonds is 6. The smallest absolute Gasteiger partial charge is 0.322 e. The Balaban J connectivity index is 2.49. The zero-order valence-corrected chi connectivity index (χ0v) is 11.0. The fourth-order valence-electron chi connectivity index (χ4n) is 1.22. The molecule has 1 aromatic carbocycles. The van der Waals surface area contributed by atoms with Crippen LogP contribution in [-0.2, 0) is 9.59 Å². The summed E-state index contributed by atoms with van der Waals surface area (Å²) in [5, 5.41) is 10.4. The molecule has 1 aromatic rings. The molecule has 6 heteroatoms. The lowest BCUT2D eigenvalue weighted by Crippen LogP contribution is -2.34. The first-order valence-corrected chi connectivity index (χ1v) is 6.21. The summed E-state index contributed by atoms with van der Waals surface area (Å²) in [7, 11) is 1.59. The highest BCUT2D eigenvalue weighted by atomic mass is 32.2. The van der Waals surface area contributed by atoms with E-state index in [4.69, 9.17) is 9.84 Å². The van der Waals surface area contributed by atoms with Gasteiger partial charge in [0.25, 0.3) is 0 Å². The molecule has 5 nitrogen and oxygen atoms in total. The number of hydrogen-bond acceptors (Lipinski definition) is 4. The van der Waals surface area contributed by atoms with Crippen LogP contribution in [0.1, 0.15) is 6.92 Å². The second-order valence-corrected chi connectivity index (χ2v) is 4.96. The topological polar surface area (TPSA) is 75.6 Å². The molecule has 2 N–H and O–H groups in total. The summed E-state index contributed by atoms with van der Waals surface area (Å²) in [6, 6.07) is 7.32. The van der Waals surface area contributed by atoms with Crippen molar-refractivity contribution in [3.05, 3.63) is 24.3 Å². The van der Waals surface area contributed by atoms with Gasteiger partial charge in [-0.1, -0.05) is 0 Å². The number of aliphatic carboxylic acids is 1. The van der Waals surface area contributed by atoms with Crippen LogP contribution in [0.3, 0.4) is 0 Å². The van der Waals surface area contributed by atoms with Crippen molar-refractivity contribution >= 4 is 23.6 Å². The number of carbonyl (C=O) groups is 2. The van der Waals surface area contributed by atoms with Crippen LogP contribution >= 0.6 is 11.8 Å². The minimum atomic E-state index is -1.05. The normalized spacial score (nSPS) is 11.7. The summed E-state index contributed by atoms with van der Waals surface area (Å²) in [6.45, 7) is 1.37. The van der Waals surface area contributed by atoms with Gasteiger partial charge in [0.1, 0.15) is 12.3 Å². The monoisotopic (exact) mass is 269 g/mol. The average Bonchev–Trinajstić information content (AvgIpc) is 2.36. The average molecular weight is 269 g/mol. The molecule has 0 fully saturated rings. The maximum absolute atomic E-state index is 11.6. The lowest BCUT2D eigenvalue weighted by atomic mass is 10.3. The van der Waals surface area contributed by atoms with E-state index < -0.39 is 5.97 Å². The van der Waals surface area contributed by atoms with Crippen molar-refractivity contribution in [2.75, 3.05) is 13.7 Å². The van der Waals surface area contributed by atoms with Gasteiger partial charge < -0.3 is 15.2 Å². The van der Waals surface area contributed by atoms with Crippen molar-refractivity contribution in [1.29, 1.82) is 0 Å². The second kappa shape index (κ2) is 6.90. The molecule has 1 rings (SSSR count). The molecule has 0 aliphatic rings. The molecule has 0 aromatic heterocycles. The highest BCUT2D eigenvalue weighted by molar-refractivity contribution is 8.00. The Hall–Kier alpha value is -1.69. The van der Waals surface area contributed by atoms with E-state index in [2.05, 4.69) is 5.32 Å². The van der Waals surface area contributed by atoms with Gasteiger partial charge in [0.05, 0.1) is 12.4 Å². The molecule has 0 heterocycles. The van der Waals surface area contributed by atoms with Gasteiger partial charge in [-0.3, -0.25) is 9.59 Å². The van der Waals surface area contributed by atoms with Crippen LogP contribution in [0.25, 0.3) is 0 Å². The number of methoxy groups -OCH3 is 1. The van der Waals surface area contributed by atoms with Crippen LogP contribution < -0.4 is 10.1 Å². The lowest BCUT2D eigenvalue weighted by Gasteiger charge is -2.11. The predicted octanol–water partition coefficient (Wildman–Crippen LogP) is 1.38. The number of amides is 1. The zero-order valence-electron chi connectivity index (χ0n) is 10.2. The van der Waals surface area contributed by atoms with Gasteiger partial charge >= 0.3 is 5.97 Å². The van der Waals surface area contributed by atoms with Gasteiger partial charge in [-0.05, 0) is 31.2 Å². The van der Waals surface area contributed by atoms with E-state index in [9.17, 15) is 9.59 Å². The van der Waals surface area contributed by atoms with E-state index in [1.54, 1.807) is 14.0 Å². The number of benzene rings is 1. The first-order valence-electron chi connectivity index (χ1n) is 5.33. The maximum atomic E-state index is 11.6. The Bertz CT molecular complexity index is 419. The van der Waals surface area contributed by atoms with E-state index in [1.165, 1.54) is 11.8 Å². The first kappa shape index (κ1) is 14.4. The molecule has 0 radical (unpaired) electrons. The molecule has 0 bridgehead atoms. The Morgan fingerprint density at radius 1 is 1.39 bits per heavy atom. The third-order valence-electron chi connectivity index (χ3n) is 2.16. The molecule has 1 unspecified atom stereocenters. The lowest BCUT2D eigenvalue weighted by molar-refractivity contribution is -0.137. The summed E-state index contributed by atoms with van der Waals surface area (Å²) in [4.78, 5) is 22.8. The predicted molar refractivity (Wildman–Crippen MR) is 69.0 cm³/mol. The third-order valence-corrected chi connectivity index (χ3v) is 3.27. The molecule has 0 saturated heterocycles. The first-order chi connectivity index (χ1) is 8.52. The Morgan fingerprint density at radius 2 is 2.00 bits per heavy atom. The van der Waals surface area contributed by atoms with Crippen molar-refractivity contribution in [2.45, 2.75) is 17.1 Å². The Kier molecular flexibility index (Phi) is 5.51. The molecular formula is C12H15NO4S. The highest BCUT2D eigenvalue weighted by Crippen LogP contribution is 2.25. The minimum absolute atomic E-state index is 0.293. The summed E-state index contributed by atoms with van der Waals surface area (Å²) in [6.07, 6.45) is 0. The summed E-state index contributed by atoms with van der Waals surface area (Å²) < 4.78 is 5.03. The van der Waals surface area contributed by atoms with Crippen molar-refractivity contribution in [3.8, 4) is 5.75 Å². The molecule has 0 saturated carbocycles. The molecule has 0 spiro atoms. The van der Waals surface area contributed by atoms with Crippen molar-refractivity contribution in [3.63, 3.8) is 0 Å². The van der Waals surface area contributed by atoms with Gasteiger partial charge in [0, 0.05) is 4.90 Å². The molecule has 0 aliphatic heterocycles. The standard InChI is InChI=1S/C12H15NO4S/c1-8(12(16)13-7-11(14)15)18-10-5-3-9(17-2)4-6-10/h3-6,8H,7H2,1-2H3,(H,13,16)(H,14,15). The van der Waals surface area contributed by atoms with Crippen LogP contribution in [0.5, 0.6) is 5.75 Å². The molecule has 1 atom stereocenters. The minimum Gasteiger partial charge on any atom is -0.497 e. The summed E-state index contributed by atoms with van der Waals surface area (Å²) in [5.74, 6) is -0.592. The van der Waals surface area contributed by atoms with Gasteiger partial charge in [-0.15, -0.1) is 11.8 Å². The number of carboxylic acid groups (broad SMARTS) is 1. The number of thioether (sulfide) groups is 1. The molecule has 18 heavy (non-hydrogen) atoms. The molecule has 98 valence electrons. The van der Waals surface area contributed by atoms with Crippen LogP contribution in [0.4, 0.5) is 0 Å². The summed E-state index contributed by atoms with van der Waals surface area (Å²) >= 11 is 1.36. The zero-order chi connectivity index (χ0) is 13.5. The van der Waals surface area contributed by atoms with E-state index >= 15 is 0 Å². The Labute approximate surface area is 110 Å². The van der Waals surface area contributed by atoms with E-state index in [1.807, 2.05) is 24.3 Å². The van der Waals surface area contributed by atoms with Crippen LogP contribution in [0.2, 0.25) is 0 Å². The second-order valence-electron chi connectivity index (χ2n) is 3.55. The van der Waals surface area contributed by atoms with Crippen LogP contribution in [0.15, 0.2) is 29.2 Å². The van der Waals surface area contributed by atoms with Gasteiger partial charge in [-0.2, -0.15) is 0 Å². The van der Waals surface area contributed by atoms with Gasteiger partial charge in [-0.25, -0.2) is 0 Å². The maximum Gasteiger partial charge on any atom is 0.322 e.